The molecule has 0 spiro atoms. The Morgan fingerprint density at radius 2 is 1.82 bits per heavy atom. The van der Waals surface area contributed by atoms with Gasteiger partial charge in [0.1, 0.15) is 6.04 Å². The zero-order valence-corrected chi connectivity index (χ0v) is 21.8. The number of thiazole rings is 1. The first kappa shape index (κ1) is 28.7. The number of nitrogens with two attached hydrogens (primary N) is 1. The number of rotatable bonds is 5. The van der Waals surface area contributed by atoms with Crippen molar-refractivity contribution in [2.75, 3.05) is 13.6 Å². The van der Waals surface area contributed by atoms with Crippen LogP contribution in [0.4, 0.5) is 0 Å². The number of β-amino-alcohol motifs (C(OH)–C–C–N with tert-alkyl or cyclic N) is 1. The third-order valence-electron chi connectivity index (χ3n) is 5.01. The average molecular weight is 477 g/mol. The third-order valence-corrected chi connectivity index (χ3v) is 5.99. The van der Waals surface area contributed by atoms with Crippen LogP contribution in [0.5, 0.6) is 0 Å². The van der Waals surface area contributed by atoms with E-state index in [1.54, 1.807) is 11.3 Å². The Bertz CT molecular complexity index is 875. The summed E-state index contributed by atoms with van der Waals surface area (Å²) in [5, 5.41) is 12.9. The number of aliphatic hydroxyl groups excluding tert-OH is 1. The fraction of sp³-hybridized carbons (Fsp3) is 0.560. The van der Waals surface area contributed by atoms with Crippen LogP contribution in [0.1, 0.15) is 58.7 Å². The third kappa shape index (κ3) is 8.53. The molecule has 1 saturated heterocycles. The minimum Gasteiger partial charge on any atom is -0.391 e. The number of hydrogen-bond acceptors (Lipinski definition) is 6. The number of benzene rings is 1. The summed E-state index contributed by atoms with van der Waals surface area (Å²) in [5.74, 6) is -0.301. The van der Waals surface area contributed by atoms with E-state index in [0.29, 0.717) is 13.0 Å². The number of carbonyl (C=O) groups excluding carboxylic acids is 2. The molecule has 2 amide bonds. The lowest BCUT2D eigenvalue weighted by atomic mass is 9.91. The van der Waals surface area contributed by atoms with E-state index in [4.69, 9.17) is 0 Å². The number of hydrogen-bond donors (Lipinski definition) is 3. The molecule has 1 aliphatic heterocycles. The van der Waals surface area contributed by atoms with Gasteiger partial charge in [-0.3, -0.25) is 9.59 Å². The van der Waals surface area contributed by atoms with Crippen molar-refractivity contribution < 1.29 is 14.7 Å². The van der Waals surface area contributed by atoms with Gasteiger partial charge in [0.2, 0.25) is 11.8 Å². The highest BCUT2D eigenvalue weighted by Gasteiger charge is 2.39. The summed E-state index contributed by atoms with van der Waals surface area (Å²) in [7, 11) is 1.50. The molecule has 3 rings (SSSR count). The molecule has 2 aromatic rings. The highest BCUT2D eigenvalue weighted by atomic mass is 32.1. The Morgan fingerprint density at radius 1 is 1.21 bits per heavy atom. The molecule has 2 atom stereocenters. The van der Waals surface area contributed by atoms with Crippen molar-refractivity contribution in [2.45, 2.75) is 73.1 Å². The second kappa shape index (κ2) is 13.4. The van der Waals surface area contributed by atoms with E-state index >= 15 is 0 Å². The molecule has 1 aliphatic rings. The van der Waals surface area contributed by atoms with Crippen molar-refractivity contribution in [2.24, 2.45) is 11.1 Å². The number of nitrogens with zero attached hydrogens (tertiary/aromatic N) is 2. The van der Waals surface area contributed by atoms with Gasteiger partial charge in [-0.2, -0.15) is 0 Å². The zero-order valence-electron chi connectivity index (χ0n) is 21.0. The first-order chi connectivity index (χ1) is 15.6. The number of aliphatic hydroxyl groups is 1. The van der Waals surface area contributed by atoms with Crippen LogP contribution in [-0.4, -0.2) is 52.5 Å². The van der Waals surface area contributed by atoms with Gasteiger partial charge in [-0.25, -0.2) is 4.98 Å². The predicted molar refractivity (Wildman–Crippen MR) is 136 cm³/mol. The van der Waals surface area contributed by atoms with Crippen LogP contribution in [0.15, 0.2) is 29.8 Å². The predicted octanol–water partition coefficient (Wildman–Crippen LogP) is 3.73. The number of carbonyl (C=O) groups is 2. The van der Waals surface area contributed by atoms with Crippen molar-refractivity contribution in [3.05, 3.63) is 41.0 Å². The summed E-state index contributed by atoms with van der Waals surface area (Å²) in [5.41, 5.74) is 9.27. The van der Waals surface area contributed by atoms with Crippen LogP contribution in [0.2, 0.25) is 0 Å². The summed E-state index contributed by atoms with van der Waals surface area (Å²) in [6.07, 6.45) is -0.0237. The van der Waals surface area contributed by atoms with Gasteiger partial charge < -0.3 is 21.1 Å². The monoisotopic (exact) mass is 476 g/mol. The summed E-state index contributed by atoms with van der Waals surface area (Å²) >= 11 is 1.61. The largest absolute Gasteiger partial charge is 0.391 e. The lowest BCUT2D eigenvalue weighted by Gasteiger charge is -2.27. The van der Waals surface area contributed by atoms with E-state index in [1.807, 2.05) is 71.3 Å². The zero-order chi connectivity index (χ0) is 25.2. The first-order valence-corrected chi connectivity index (χ1v) is 12.3. The molecular formula is C25H40N4O3S. The van der Waals surface area contributed by atoms with Gasteiger partial charge in [-0.1, -0.05) is 58.9 Å². The maximum Gasteiger partial charge on any atom is 0.243 e. The van der Waals surface area contributed by atoms with Crippen LogP contribution >= 0.6 is 11.3 Å². The molecule has 1 aromatic heterocycles. The van der Waals surface area contributed by atoms with Gasteiger partial charge in [0.25, 0.3) is 0 Å². The van der Waals surface area contributed by atoms with E-state index in [2.05, 4.69) is 16.0 Å². The SMILES string of the molecule is CC.CN.Cc1ncsc1-c1ccc(CNC(=O)[C@@H]2CC(O)CN2C(=O)CC(C)(C)C)cc1. The molecule has 1 aromatic carbocycles. The minimum atomic E-state index is -0.656. The number of amides is 2. The van der Waals surface area contributed by atoms with Crippen molar-refractivity contribution in [1.29, 1.82) is 0 Å². The van der Waals surface area contributed by atoms with Gasteiger partial charge in [0, 0.05) is 25.9 Å². The standard InChI is InChI=1S/C22H29N3O3S.C2H6.CH5N/c1-14-20(29-13-24-14)16-7-5-15(6-8-16)11-23-21(28)18-9-17(26)12-25(18)19(27)10-22(2,3)4;2*1-2/h5-8,13,17-18,26H,9-12H2,1-4H3,(H,23,28);1-2H3;2H2,1H3/t17?,18-;;/m0../s1. The number of aromatic nitrogens is 1. The molecule has 1 unspecified atom stereocenters. The fourth-order valence-electron chi connectivity index (χ4n) is 3.55. The Hall–Kier alpha value is -2.29. The molecular weight excluding hydrogens is 436 g/mol. The van der Waals surface area contributed by atoms with Gasteiger partial charge in [-0.15, -0.1) is 11.3 Å². The van der Waals surface area contributed by atoms with Crippen LogP contribution in [0, 0.1) is 12.3 Å². The highest BCUT2D eigenvalue weighted by molar-refractivity contribution is 7.13. The molecule has 0 saturated carbocycles. The number of aryl methyl sites for hydroxylation is 1. The molecule has 1 fully saturated rings. The van der Waals surface area contributed by atoms with Crippen molar-refractivity contribution in [3.8, 4) is 10.4 Å². The van der Waals surface area contributed by atoms with Crippen LogP contribution < -0.4 is 11.1 Å². The Kier molecular flexibility index (Phi) is 11.7. The Balaban J connectivity index is 0.00000129. The topological polar surface area (TPSA) is 109 Å². The fourth-order valence-corrected chi connectivity index (χ4v) is 4.36. The van der Waals surface area contributed by atoms with Crippen LogP contribution in [0.3, 0.4) is 0 Å². The Morgan fingerprint density at radius 3 is 2.33 bits per heavy atom. The molecule has 0 aliphatic carbocycles. The second-order valence-electron chi connectivity index (χ2n) is 8.87. The maximum absolute atomic E-state index is 12.7. The summed E-state index contributed by atoms with van der Waals surface area (Å²) in [6.45, 7) is 12.6. The quantitative estimate of drug-likeness (QED) is 0.609. The van der Waals surface area contributed by atoms with Gasteiger partial charge in [0.15, 0.2) is 0 Å². The molecule has 7 nitrogen and oxygen atoms in total. The average Bonchev–Trinajstić information content (AvgIpc) is 3.40. The van der Waals surface area contributed by atoms with Crippen LogP contribution in [-0.2, 0) is 16.1 Å². The summed E-state index contributed by atoms with van der Waals surface area (Å²) in [4.78, 5) is 32.3. The Labute approximate surface area is 202 Å². The molecule has 4 N–H and O–H groups in total. The smallest absolute Gasteiger partial charge is 0.243 e. The molecule has 0 bridgehead atoms. The van der Waals surface area contributed by atoms with Crippen molar-refractivity contribution >= 4 is 23.2 Å². The van der Waals surface area contributed by atoms with E-state index in [0.717, 1.165) is 21.7 Å². The van der Waals surface area contributed by atoms with Crippen molar-refractivity contribution in [3.63, 3.8) is 0 Å². The summed E-state index contributed by atoms with van der Waals surface area (Å²) in [6, 6.07) is 7.42. The highest BCUT2D eigenvalue weighted by Crippen LogP contribution is 2.27. The number of nitrogens with one attached hydrogen (secondary N) is 1. The molecule has 0 radical (unpaired) electrons. The van der Waals surface area contributed by atoms with Crippen molar-refractivity contribution in [1.82, 2.24) is 15.2 Å². The normalized spacial score (nSPS) is 17.4. The van der Waals surface area contributed by atoms with Crippen LogP contribution in [0.25, 0.3) is 10.4 Å². The summed E-state index contributed by atoms with van der Waals surface area (Å²) < 4.78 is 0. The van der Waals surface area contributed by atoms with E-state index < -0.39 is 12.1 Å². The van der Waals surface area contributed by atoms with E-state index in [-0.39, 0.29) is 30.2 Å². The second-order valence-corrected chi connectivity index (χ2v) is 9.73. The first-order valence-electron chi connectivity index (χ1n) is 11.5. The molecule has 33 heavy (non-hydrogen) atoms. The van der Waals surface area contributed by atoms with Gasteiger partial charge in [0.05, 0.1) is 22.2 Å². The van der Waals surface area contributed by atoms with E-state index in [1.165, 1.54) is 11.9 Å². The molecule has 8 heteroatoms. The molecule has 2 heterocycles. The molecule has 184 valence electrons. The maximum atomic E-state index is 12.7. The number of likely N-dealkylation sites (tertiary alicyclic amines) is 1. The lowest BCUT2D eigenvalue weighted by molar-refractivity contribution is -0.140. The van der Waals surface area contributed by atoms with E-state index in [9.17, 15) is 14.7 Å². The van der Waals surface area contributed by atoms with Gasteiger partial charge in [-0.05, 0) is 30.5 Å². The minimum absolute atomic E-state index is 0.0847. The lowest BCUT2D eigenvalue weighted by Crippen LogP contribution is -2.46. The van der Waals surface area contributed by atoms with Gasteiger partial charge >= 0.3 is 0 Å².